The van der Waals surface area contributed by atoms with Crippen molar-refractivity contribution in [3.05, 3.63) is 77.9 Å². The second kappa shape index (κ2) is 10.7. The molecule has 1 heterocycles. The van der Waals surface area contributed by atoms with Crippen LogP contribution in [0.15, 0.2) is 65.6 Å². The smallest absolute Gasteiger partial charge is 0.416 e. The standard InChI is InChI=1S/C28H26F5NO5S/c1-27(2,3)39-26(35)12-9-20-16-34(40(36,37)21-6-4-5-18(14-21)28(31,32)33)24-13-17(7-11-25(24)38-20)22-15-19(29)8-10-23(22)30/h4-8,10-11,13-15,20H,9,12,16H2,1-3H3. The van der Waals surface area contributed by atoms with Crippen molar-refractivity contribution in [3.8, 4) is 16.9 Å². The zero-order valence-corrected chi connectivity index (χ0v) is 22.6. The summed E-state index contributed by atoms with van der Waals surface area (Å²) in [5.41, 5.74) is -1.99. The molecule has 0 aromatic heterocycles. The minimum absolute atomic E-state index is 0.0385. The number of alkyl halides is 3. The quantitative estimate of drug-likeness (QED) is 0.238. The van der Waals surface area contributed by atoms with E-state index < -0.39 is 56.0 Å². The molecule has 4 rings (SSSR count). The normalized spacial score (nSPS) is 15.8. The molecule has 3 aromatic carbocycles. The van der Waals surface area contributed by atoms with Crippen molar-refractivity contribution in [3.63, 3.8) is 0 Å². The van der Waals surface area contributed by atoms with Gasteiger partial charge in [0.05, 0.1) is 22.7 Å². The second-order valence-electron chi connectivity index (χ2n) is 10.2. The number of ether oxygens (including phenoxy) is 2. The molecular formula is C28H26F5NO5S. The van der Waals surface area contributed by atoms with E-state index in [1.165, 1.54) is 18.2 Å². The van der Waals surface area contributed by atoms with Gasteiger partial charge in [0.2, 0.25) is 0 Å². The lowest BCUT2D eigenvalue weighted by atomic mass is 10.0. The minimum Gasteiger partial charge on any atom is -0.486 e. The molecule has 12 heteroatoms. The summed E-state index contributed by atoms with van der Waals surface area (Å²) < 4.78 is 108. The number of hydrogen-bond donors (Lipinski definition) is 0. The highest BCUT2D eigenvalue weighted by Gasteiger charge is 2.37. The van der Waals surface area contributed by atoms with Gasteiger partial charge in [-0.1, -0.05) is 12.1 Å². The van der Waals surface area contributed by atoms with Crippen LogP contribution in [0.25, 0.3) is 11.1 Å². The van der Waals surface area contributed by atoms with Crippen molar-refractivity contribution in [1.29, 1.82) is 0 Å². The van der Waals surface area contributed by atoms with E-state index in [2.05, 4.69) is 0 Å². The van der Waals surface area contributed by atoms with E-state index in [1.54, 1.807) is 20.8 Å². The Morgan fingerprint density at radius 2 is 1.75 bits per heavy atom. The second-order valence-corrected chi connectivity index (χ2v) is 12.1. The minimum atomic E-state index is -4.79. The summed E-state index contributed by atoms with van der Waals surface area (Å²) in [6.07, 6.45) is -5.71. The Labute approximate surface area is 228 Å². The van der Waals surface area contributed by atoms with E-state index in [-0.39, 0.29) is 42.0 Å². The van der Waals surface area contributed by atoms with Gasteiger partial charge < -0.3 is 9.47 Å². The number of halogens is 5. The Balaban J connectivity index is 1.76. The van der Waals surface area contributed by atoms with Crippen LogP contribution in [0.2, 0.25) is 0 Å². The molecular weight excluding hydrogens is 557 g/mol. The van der Waals surface area contributed by atoms with Gasteiger partial charge in [0, 0.05) is 12.0 Å². The lowest BCUT2D eigenvalue weighted by Gasteiger charge is -2.36. The number of anilines is 1. The lowest BCUT2D eigenvalue weighted by Crippen LogP contribution is -2.44. The molecule has 40 heavy (non-hydrogen) atoms. The highest BCUT2D eigenvalue weighted by Crippen LogP contribution is 2.41. The molecule has 6 nitrogen and oxygen atoms in total. The van der Waals surface area contributed by atoms with Crippen LogP contribution >= 0.6 is 0 Å². The number of rotatable bonds is 6. The summed E-state index contributed by atoms with van der Waals surface area (Å²) in [7, 11) is -4.61. The van der Waals surface area contributed by atoms with Gasteiger partial charge in [0.15, 0.2) is 0 Å². The Bertz CT molecular complexity index is 1530. The molecule has 1 unspecified atom stereocenters. The predicted molar refractivity (Wildman–Crippen MR) is 137 cm³/mol. The van der Waals surface area contributed by atoms with Gasteiger partial charge in [0.25, 0.3) is 10.0 Å². The molecule has 0 amide bonds. The van der Waals surface area contributed by atoms with Crippen LogP contribution in [0, 0.1) is 11.6 Å². The molecule has 0 fully saturated rings. The summed E-state index contributed by atoms with van der Waals surface area (Å²) in [5, 5.41) is 0. The van der Waals surface area contributed by atoms with Crippen LogP contribution in [0.5, 0.6) is 5.75 Å². The third-order valence-electron chi connectivity index (χ3n) is 5.97. The molecule has 3 aromatic rings. The number of hydrogen-bond acceptors (Lipinski definition) is 5. The summed E-state index contributed by atoms with van der Waals surface area (Å²) >= 11 is 0. The lowest BCUT2D eigenvalue weighted by molar-refractivity contribution is -0.155. The molecule has 0 aliphatic carbocycles. The molecule has 0 radical (unpaired) electrons. The number of esters is 1. The Kier molecular flexibility index (Phi) is 7.85. The fourth-order valence-corrected chi connectivity index (χ4v) is 5.75. The fraction of sp³-hybridized carbons (Fsp3) is 0.321. The zero-order chi connectivity index (χ0) is 29.5. The topological polar surface area (TPSA) is 72.9 Å². The molecule has 0 bridgehead atoms. The van der Waals surface area contributed by atoms with Gasteiger partial charge in [0.1, 0.15) is 29.1 Å². The summed E-state index contributed by atoms with van der Waals surface area (Å²) in [6, 6.07) is 10.1. The van der Waals surface area contributed by atoms with Crippen molar-refractivity contribution in [1.82, 2.24) is 0 Å². The van der Waals surface area contributed by atoms with Crippen molar-refractivity contribution < 1.29 is 44.6 Å². The van der Waals surface area contributed by atoms with Crippen molar-refractivity contribution in [2.24, 2.45) is 0 Å². The highest BCUT2D eigenvalue weighted by atomic mass is 32.2. The first-order chi connectivity index (χ1) is 18.5. The van der Waals surface area contributed by atoms with Gasteiger partial charge in [-0.25, -0.2) is 17.2 Å². The molecule has 1 aliphatic heterocycles. The monoisotopic (exact) mass is 583 g/mol. The molecule has 1 aliphatic rings. The van der Waals surface area contributed by atoms with Crippen molar-refractivity contribution >= 4 is 21.7 Å². The molecule has 214 valence electrons. The number of sulfonamides is 1. The number of benzene rings is 3. The molecule has 0 N–H and O–H groups in total. The SMILES string of the molecule is CC(C)(C)OC(=O)CCC1CN(S(=O)(=O)c2cccc(C(F)(F)F)c2)c2cc(-c3cc(F)ccc3F)ccc2O1. The van der Waals surface area contributed by atoms with Crippen molar-refractivity contribution in [2.45, 2.75) is 56.4 Å². The number of carbonyl (C=O) groups excluding carboxylic acids is 1. The first kappa shape index (κ1) is 29.3. The molecule has 0 saturated carbocycles. The first-order valence-corrected chi connectivity index (χ1v) is 13.7. The zero-order valence-electron chi connectivity index (χ0n) is 21.8. The van der Waals surface area contributed by atoms with E-state index in [9.17, 15) is 35.2 Å². The van der Waals surface area contributed by atoms with Gasteiger partial charge in [-0.3, -0.25) is 9.10 Å². The van der Waals surface area contributed by atoms with Crippen LogP contribution in [-0.4, -0.2) is 32.6 Å². The van der Waals surface area contributed by atoms with Gasteiger partial charge in [-0.05, 0) is 81.3 Å². The van der Waals surface area contributed by atoms with E-state index in [4.69, 9.17) is 9.47 Å². The maximum absolute atomic E-state index is 14.5. The van der Waals surface area contributed by atoms with Gasteiger partial charge in [-0.15, -0.1) is 0 Å². The molecule has 0 spiro atoms. The van der Waals surface area contributed by atoms with Crippen LogP contribution < -0.4 is 9.04 Å². The van der Waals surface area contributed by atoms with E-state index in [0.29, 0.717) is 6.07 Å². The number of carbonyl (C=O) groups is 1. The summed E-state index contributed by atoms with van der Waals surface area (Å²) in [4.78, 5) is 11.6. The third kappa shape index (κ3) is 6.55. The number of nitrogens with zero attached hydrogens (tertiary/aromatic N) is 1. The third-order valence-corrected chi connectivity index (χ3v) is 7.75. The number of fused-ring (bicyclic) bond motifs is 1. The fourth-order valence-electron chi connectivity index (χ4n) is 4.21. The summed E-state index contributed by atoms with van der Waals surface area (Å²) in [5.74, 6) is -1.98. The van der Waals surface area contributed by atoms with E-state index in [0.717, 1.165) is 40.7 Å². The Morgan fingerprint density at radius 3 is 2.42 bits per heavy atom. The van der Waals surface area contributed by atoms with Crippen molar-refractivity contribution in [2.75, 3.05) is 10.8 Å². The average molecular weight is 584 g/mol. The van der Waals surface area contributed by atoms with Crippen LogP contribution in [0.3, 0.4) is 0 Å². The van der Waals surface area contributed by atoms with Gasteiger partial charge in [-0.2, -0.15) is 13.2 Å². The van der Waals surface area contributed by atoms with E-state index in [1.807, 2.05) is 0 Å². The largest absolute Gasteiger partial charge is 0.486 e. The average Bonchev–Trinajstić information content (AvgIpc) is 2.86. The van der Waals surface area contributed by atoms with Crippen LogP contribution in [0.1, 0.15) is 39.2 Å². The Hall–Kier alpha value is -3.67. The molecule has 1 atom stereocenters. The van der Waals surface area contributed by atoms with E-state index >= 15 is 0 Å². The predicted octanol–water partition coefficient (Wildman–Crippen LogP) is 6.73. The maximum Gasteiger partial charge on any atom is 0.416 e. The maximum atomic E-state index is 14.5. The highest BCUT2D eigenvalue weighted by molar-refractivity contribution is 7.92. The van der Waals surface area contributed by atoms with Crippen LogP contribution in [0.4, 0.5) is 27.6 Å². The Morgan fingerprint density at radius 1 is 1.02 bits per heavy atom. The molecule has 0 saturated heterocycles. The summed E-state index contributed by atoms with van der Waals surface area (Å²) in [6.45, 7) is 4.73. The van der Waals surface area contributed by atoms with Gasteiger partial charge >= 0.3 is 12.1 Å². The first-order valence-electron chi connectivity index (χ1n) is 12.2. The van der Waals surface area contributed by atoms with Crippen LogP contribution in [-0.2, 0) is 25.7 Å².